The van der Waals surface area contributed by atoms with Crippen molar-refractivity contribution < 1.29 is 13.9 Å². The number of anilines is 1. The van der Waals surface area contributed by atoms with Crippen LogP contribution < -0.4 is 15.1 Å². The Morgan fingerprint density at radius 2 is 2.00 bits per heavy atom. The molecule has 0 fully saturated rings. The second-order valence-electron chi connectivity index (χ2n) is 7.87. The SMILES string of the molecule is CCCOc1cccc(C2c3c(oc4cc(C)c(Cl)cc4c3=O)C(=O)N2c2nnc(C)s2)c1. The molecule has 1 aliphatic heterocycles. The third-order valence-corrected chi connectivity index (χ3v) is 6.76. The molecule has 7 nitrogen and oxygen atoms in total. The number of fused-ring (bicyclic) bond motifs is 2. The van der Waals surface area contributed by atoms with Crippen LogP contribution in [0.3, 0.4) is 0 Å². The standard InChI is InChI=1S/C24H20ClN3O4S/c1-4-8-31-15-7-5-6-14(10-15)20-19-21(29)16-11-17(25)12(2)9-18(16)32-22(19)23(30)28(20)24-27-26-13(3)33-24/h5-7,9-11,20H,4,8H2,1-3H3. The van der Waals surface area contributed by atoms with E-state index in [2.05, 4.69) is 10.2 Å². The molecule has 2 aromatic carbocycles. The average molecular weight is 482 g/mol. The topological polar surface area (TPSA) is 85.5 Å². The van der Waals surface area contributed by atoms with Gasteiger partial charge in [-0.1, -0.05) is 42.0 Å². The highest BCUT2D eigenvalue weighted by Crippen LogP contribution is 2.43. The van der Waals surface area contributed by atoms with Crippen molar-refractivity contribution in [3.63, 3.8) is 0 Å². The lowest BCUT2D eigenvalue weighted by atomic mass is 9.98. The summed E-state index contributed by atoms with van der Waals surface area (Å²) in [6.07, 6.45) is 0.862. The summed E-state index contributed by atoms with van der Waals surface area (Å²) < 4.78 is 11.8. The van der Waals surface area contributed by atoms with Crippen LogP contribution in [-0.2, 0) is 0 Å². The molecular formula is C24H20ClN3O4S. The number of amides is 1. The molecule has 1 amide bonds. The summed E-state index contributed by atoms with van der Waals surface area (Å²) in [7, 11) is 0. The highest BCUT2D eigenvalue weighted by atomic mass is 35.5. The molecule has 4 aromatic rings. The summed E-state index contributed by atoms with van der Waals surface area (Å²) in [4.78, 5) is 28.7. The van der Waals surface area contributed by atoms with E-state index >= 15 is 0 Å². The Kier molecular flexibility index (Phi) is 5.42. The van der Waals surface area contributed by atoms with Gasteiger partial charge in [-0.2, -0.15) is 0 Å². The van der Waals surface area contributed by atoms with Gasteiger partial charge < -0.3 is 9.15 Å². The van der Waals surface area contributed by atoms with Gasteiger partial charge in [0.1, 0.15) is 16.3 Å². The first-order valence-electron chi connectivity index (χ1n) is 10.5. The monoisotopic (exact) mass is 481 g/mol. The molecule has 0 N–H and O–H groups in total. The number of hydrogen-bond acceptors (Lipinski definition) is 7. The number of benzene rings is 2. The van der Waals surface area contributed by atoms with Crippen molar-refractivity contribution in [3.8, 4) is 5.75 Å². The minimum Gasteiger partial charge on any atom is -0.494 e. The minimum absolute atomic E-state index is 0.00644. The quantitative estimate of drug-likeness (QED) is 0.376. The third-order valence-electron chi connectivity index (χ3n) is 5.52. The molecule has 0 saturated carbocycles. The van der Waals surface area contributed by atoms with Gasteiger partial charge in [-0.3, -0.25) is 14.5 Å². The van der Waals surface area contributed by atoms with Crippen molar-refractivity contribution in [3.05, 3.63) is 79.1 Å². The normalized spacial score (nSPS) is 15.3. The van der Waals surface area contributed by atoms with E-state index in [1.807, 2.05) is 45.0 Å². The van der Waals surface area contributed by atoms with Crippen molar-refractivity contribution >= 4 is 44.9 Å². The molecule has 1 atom stereocenters. The van der Waals surface area contributed by atoms with E-state index in [4.69, 9.17) is 20.8 Å². The molecule has 0 spiro atoms. The van der Waals surface area contributed by atoms with Crippen molar-refractivity contribution in [1.29, 1.82) is 0 Å². The number of carbonyl (C=O) groups is 1. The maximum absolute atomic E-state index is 13.7. The smallest absolute Gasteiger partial charge is 0.297 e. The van der Waals surface area contributed by atoms with E-state index in [0.29, 0.717) is 44.1 Å². The number of aryl methyl sites for hydroxylation is 2. The summed E-state index contributed by atoms with van der Waals surface area (Å²) in [5.41, 5.74) is 1.76. The number of hydrogen-bond donors (Lipinski definition) is 0. The zero-order valence-electron chi connectivity index (χ0n) is 18.2. The van der Waals surface area contributed by atoms with Crippen molar-refractivity contribution in [2.24, 2.45) is 0 Å². The summed E-state index contributed by atoms with van der Waals surface area (Å²) >= 11 is 7.58. The van der Waals surface area contributed by atoms with Crippen LogP contribution in [-0.4, -0.2) is 22.7 Å². The van der Waals surface area contributed by atoms with Gasteiger partial charge in [0.05, 0.1) is 23.6 Å². The third kappa shape index (κ3) is 3.59. The predicted octanol–water partition coefficient (Wildman–Crippen LogP) is 5.45. The number of nitrogens with zero attached hydrogens (tertiary/aromatic N) is 3. The number of ether oxygens (including phenoxy) is 1. The molecule has 1 aliphatic rings. The Labute approximate surface area is 198 Å². The molecule has 2 aromatic heterocycles. The van der Waals surface area contributed by atoms with Gasteiger partial charge in [0, 0.05) is 5.02 Å². The largest absolute Gasteiger partial charge is 0.494 e. The fourth-order valence-electron chi connectivity index (χ4n) is 3.98. The maximum Gasteiger partial charge on any atom is 0.297 e. The van der Waals surface area contributed by atoms with E-state index in [0.717, 1.165) is 12.0 Å². The van der Waals surface area contributed by atoms with Gasteiger partial charge in [-0.05, 0) is 55.7 Å². The molecule has 3 heterocycles. The van der Waals surface area contributed by atoms with Gasteiger partial charge in [-0.25, -0.2) is 0 Å². The predicted molar refractivity (Wildman–Crippen MR) is 128 cm³/mol. The lowest BCUT2D eigenvalue weighted by molar-refractivity contribution is 0.0970. The molecular weight excluding hydrogens is 462 g/mol. The Morgan fingerprint density at radius 3 is 2.73 bits per heavy atom. The number of rotatable bonds is 5. The molecule has 168 valence electrons. The molecule has 5 rings (SSSR count). The summed E-state index contributed by atoms with van der Waals surface area (Å²) in [5, 5.41) is 10.1. The number of aromatic nitrogens is 2. The second kappa shape index (κ2) is 8.28. The van der Waals surface area contributed by atoms with E-state index in [1.165, 1.54) is 16.2 Å². The van der Waals surface area contributed by atoms with Gasteiger partial charge >= 0.3 is 0 Å². The molecule has 0 bridgehead atoms. The van der Waals surface area contributed by atoms with Crippen LogP contribution in [0.25, 0.3) is 11.0 Å². The first kappa shape index (κ1) is 21.6. The average Bonchev–Trinajstić information content (AvgIpc) is 3.35. The second-order valence-corrected chi connectivity index (χ2v) is 9.44. The number of carbonyl (C=O) groups excluding carboxylic acids is 1. The van der Waals surface area contributed by atoms with Crippen LogP contribution in [0.4, 0.5) is 5.13 Å². The summed E-state index contributed by atoms with van der Waals surface area (Å²) in [6.45, 7) is 6.22. The molecule has 9 heteroatoms. The van der Waals surface area contributed by atoms with Crippen LogP contribution in [0.15, 0.2) is 45.6 Å². The first-order valence-corrected chi connectivity index (χ1v) is 11.7. The van der Waals surface area contributed by atoms with E-state index in [9.17, 15) is 9.59 Å². The lowest BCUT2D eigenvalue weighted by Gasteiger charge is -2.22. The van der Waals surface area contributed by atoms with E-state index in [1.54, 1.807) is 12.1 Å². The molecule has 0 saturated heterocycles. The van der Waals surface area contributed by atoms with Crippen molar-refractivity contribution in [2.75, 3.05) is 11.5 Å². The lowest BCUT2D eigenvalue weighted by Crippen LogP contribution is -2.29. The van der Waals surface area contributed by atoms with Gasteiger partial charge in [0.15, 0.2) is 5.43 Å². The van der Waals surface area contributed by atoms with Crippen molar-refractivity contribution in [1.82, 2.24) is 10.2 Å². The van der Waals surface area contributed by atoms with Crippen molar-refractivity contribution in [2.45, 2.75) is 33.2 Å². The Morgan fingerprint density at radius 1 is 1.18 bits per heavy atom. The Bertz CT molecular complexity index is 1460. The van der Waals surface area contributed by atoms with Crippen LogP contribution in [0.2, 0.25) is 5.02 Å². The van der Waals surface area contributed by atoms with Crippen LogP contribution in [0.5, 0.6) is 5.75 Å². The highest BCUT2D eigenvalue weighted by molar-refractivity contribution is 7.15. The fourth-order valence-corrected chi connectivity index (χ4v) is 4.86. The van der Waals surface area contributed by atoms with Crippen LogP contribution in [0.1, 0.15) is 51.6 Å². The minimum atomic E-state index is -0.731. The zero-order valence-corrected chi connectivity index (χ0v) is 19.8. The Hall–Kier alpha value is -3.23. The molecule has 0 aliphatic carbocycles. The van der Waals surface area contributed by atoms with Crippen LogP contribution in [0, 0.1) is 13.8 Å². The molecule has 33 heavy (non-hydrogen) atoms. The number of halogens is 1. The summed E-state index contributed by atoms with van der Waals surface area (Å²) in [6, 6.07) is 9.94. The van der Waals surface area contributed by atoms with Gasteiger partial charge in [0.2, 0.25) is 10.9 Å². The molecule has 0 radical (unpaired) electrons. The maximum atomic E-state index is 13.7. The fraction of sp³-hybridized carbons (Fsp3) is 0.250. The Balaban J connectivity index is 1.77. The van der Waals surface area contributed by atoms with Gasteiger partial charge in [-0.15, -0.1) is 10.2 Å². The zero-order chi connectivity index (χ0) is 23.3. The van der Waals surface area contributed by atoms with Gasteiger partial charge in [0.25, 0.3) is 5.91 Å². The first-order chi connectivity index (χ1) is 15.9. The molecule has 1 unspecified atom stereocenters. The van der Waals surface area contributed by atoms with E-state index < -0.39 is 11.9 Å². The highest BCUT2D eigenvalue weighted by Gasteiger charge is 2.45. The van der Waals surface area contributed by atoms with E-state index in [-0.39, 0.29) is 16.8 Å². The summed E-state index contributed by atoms with van der Waals surface area (Å²) in [5.74, 6) is 0.233. The van der Waals surface area contributed by atoms with Crippen LogP contribution >= 0.6 is 22.9 Å².